The van der Waals surface area contributed by atoms with Crippen molar-refractivity contribution in [1.82, 2.24) is 5.32 Å². The molecule has 1 heterocycles. The first-order valence-electron chi connectivity index (χ1n) is 3.63. The van der Waals surface area contributed by atoms with Crippen LogP contribution in [0.2, 0.25) is 0 Å². The Morgan fingerprint density at radius 3 is 2.67 bits per heavy atom. The number of piperidine rings is 1. The van der Waals surface area contributed by atoms with E-state index in [9.17, 15) is 0 Å². The molecular weight excluding hydrogens is 130 g/mol. The first kappa shape index (κ1) is 7.42. The van der Waals surface area contributed by atoms with Crippen LogP contribution in [0.3, 0.4) is 0 Å². The minimum absolute atomic E-state index is 1.00. The summed E-state index contributed by atoms with van der Waals surface area (Å²) in [4.78, 5) is 0. The van der Waals surface area contributed by atoms with Crippen LogP contribution in [-0.2, 0) is 0 Å². The van der Waals surface area contributed by atoms with Crippen LogP contribution in [0.1, 0.15) is 12.8 Å². The van der Waals surface area contributed by atoms with Gasteiger partial charge in [0.15, 0.2) is 0 Å². The van der Waals surface area contributed by atoms with Crippen LogP contribution in [0.5, 0.6) is 0 Å². The molecule has 1 rings (SSSR count). The molecule has 0 radical (unpaired) electrons. The van der Waals surface area contributed by atoms with Gasteiger partial charge in [-0.05, 0) is 43.9 Å². The van der Waals surface area contributed by atoms with Crippen molar-refractivity contribution in [3.63, 3.8) is 0 Å². The van der Waals surface area contributed by atoms with Crippen molar-refractivity contribution < 1.29 is 0 Å². The van der Waals surface area contributed by atoms with E-state index < -0.39 is 0 Å². The minimum atomic E-state index is 1.00. The Hall–Kier alpha value is 0.310. The molecule has 0 saturated carbocycles. The maximum Gasteiger partial charge on any atom is -0.00410 e. The molecule has 0 aromatic carbocycles. The van der Waals surface area contributed by atoms with Gasteiger partial charge in [-0.3, -0.25) is 0 Å². The van der Waals surface area contributed by atoms with E-state index >= 15 is 0 Å². The second-order valence-corrected chi connectivity index (χ2v) is 3.56. The Bertz CT molecular complexity index is 66.6. The molecule has 1 saturated heterocycles. The average Bonchev–Trinajstić information content (AvgIpc) is 1.91. The highest BCUT2D eigenvalue weighted by Crippen LogP contribution is 2.15. The van der Waals surface area contributed by atoms with Gasteiger partial charge >= 0.3 is 0 Å². The van der Waals surface area contributed by atoms with Gasteiger partial charge in [-0.15, -0.1) is 0 Å². The topological polar surface area (TPSA) is 12.0 Å². The van der Waals surface area contributed by atoms with E-state index in [0.717, 1.165) is 5.92 Å². The zero-order valence-electron chi connectivity index (χ0n) is 6.02. The van der Waals surface area contributed by atoms with Gasteiger partial charge in [0.05, 0.1) is 0 Å². The molecule has 1 N–H and O–H groups in total. The van der Waals surface area contributed by atoms with Gasteiger partial charge in [0, 0.05) is 0 Å². The van der Waals surface area contributed by atoms with Crippen LogP contribution in [0.15, 0.2) is 0 Å². The normalized spacial score (nSPS) is 22.3. The minimum Gasteiger partial charge on any atom is -0.317 e. The lowest BCUT2D eigenvalue weighted by Gasteiger charge is -2.21. The molecule has 0 aliphatic carbocycles. The van der Waals surface area contributed by atoms with Crippen molar-refractivity contribution in [3.05, 3.63) is 0 Å². The molecule has 1 aliphatic rings. The lowest BCUT2D eigenvalue weighted by atomic mass is 10.0. The molecule has 0 unspecified atom stereocenters. The Balaban J connectivity index is 2.08. The summed E-state index contributed by atoms with van der Waals surface area (Å²) in [7, 11) is 0. The monoisotopic (exact) mass is 145 g/mol. The van der Waals surface area contributed by atoms with Gasteiger partial charge in [0.1, 0.15) is 0 Å². The summed E-state index contributed by atoms with van der Waals surface area (Å²) in [5, 5.41) is 3.36. The molecule has 0 amide bonds. The van der Waals surface area contributed by atoms with Gasteiger partial charge < -0.3 is 5.32 Å². The maximum atomic E-state index is 3.36. The van der Waals surface area contributed by atoms with Crippen molar-refractivity contribution in [2.75, 3.05) is 25.1 Å². The van der Waals surface area contributed by atoms with Gasteiger partial charge in [0.2, 0.25) is 0 Å². The second-order valence-electron chi connectivity index (χ2n) is 2.65. The van der Waals surface area contributed by atoms with Crippen molar-refractivity contribution in [1.29, 1.82) is 0 Å². The lowest BCUT2D eigenvalue weighted by molar-refractivity contribution is 0.408. The van der Waals surface area contributed by atoms with Crippen molar-refractivity contribution in [2.45, 2.75) is 12.8 Å². The molecule has 0 bridgehead atoms. The molecule has 0 aromatic rings. The van der Waals surface area contributed by atoms with Crippen LogP contribution in [0.25, 0.3) is 0 Å². The van der Waals surface area contributed by atoms with Crippen LogP contribution in [0, 0.1) is 5.92 Å². The Morgan fingerprint density at radius 2 is 2.11 bits per heavy atom. The van der Waals surface area contributed by atoms with Crippen LogP contribution >= 0.6 is 11.8 Å². The van der Waals surface area contributed by atoms with Crippen molar-refractivity contribution in [2.24, 2.45) is 5.92 Å². The van der Waals surface area contributed by atoms with Crippen LogP contribution in [-0.4, -0.2) is 25.1 Å². The maximum absolute atomic E-state index is 3.36. The number of nitrogens with one attached hydrogen (secondary N) is 1. The largest absolute Gasteiger partial charge is 0.317 e. The Kier molecular flexibility index (Phi) is 3.44. The van der Waals surface area contributed by atoms with E-state index in [4.69, 9.17) is 0 Å². The van der Waals surface area contributed by atoms with E-state index in [1.165, 1.54) is 31.7 Å². The predicted octanol–water partition coefficient (Wildman–Crippen LogP) is 1.35. The first-order valence-corrected chi connectivity index (χ1v) is 5.02. The van der Waals surface area contributed by atoms with Gasteiger partial charge in [-0.1, -0.05) is 0 Å². The third kappa shape index (κ3) is 2.59. The quantitative estimate of drug-likeness (QED) is 0.629. The lowest BCUT2D eigenvalue weighted by Crippen LogP contribution is -2.28. The third-order valence-electron chi connectivity index (χ3n) is 1.86. The highest BCUT2D eigenvalue weighted by molar-refractivity contribution is 7.98. The van der Waals surface area contributed by atoms with E-state index in [1.807, 2.05) is 11.8 Å². The SMILES string of the molecule is CSCC1CCNCC1. The number of thioether (sulfide) groups is 1. The highest BCUT2D eigenvalue weighted by Gasteiger charge is 2.10. The summed E-state index contributed by atoms with van der Waals surface area (Å²) in [5.41, 5.74) is 0. The third-order valence-corrected chi connectivity index (χ3v) is 2.67. The molecule has 1 aliphatic heterocycles. The molecule has 1 fully saturated rings. The van der Waals surface area contributed by atoms with Crippen LogP contribution < -0.4 is 5.32 Å². The molecule has 54 valence electrons. The molecule has 1 nitrogen and oxygen atoms in total. The standard InChI is InChI=1S/C7H15NS/c1-9-6-7-2-4-8-5-3-7/h7-8H,2-6H2,1H3. The number of hydrogen-bond acceptors (Lipinski definition) is 2. The van der Waals surface area contributed by atoms with E-state index in [0.29, 0.717) is 0 Å². The second kappa shape index (κ2) is 4.18. The summed E-state index contributed by atoms with van der Waals surface area (Å²) in [6.07, 6.45) is 4.98. The average molecular weight is 145 g/mol. The molecule has 0 aromatic heterocycles. The summed E-state index contributed by atoms with van der Waals surface area (Å²) < 4.78 is 0. The van der Waals surface area contributed by atoms with Crippen LogP contribution in [0.4, 0.5) is 0 Å². The van der Waals surface area contributed by atoms with E-state index in [-0.39, 0.29) is 0 Å². The molecular formula is C7H15NS. The summed E-state index contributed by atoms with van der Waals surface area (Å²) in [5.74, 6) is 2.36. The van der Waals surface area contributed by atoms with E-state index in [2.05, 4.69) is 11.6 Å². The fourth-order valence-electron chi connectivity index (χ4n) is 1.28. The van der Waals surface area contributed by atoms with Gasteiger partial charge in [-0.25, -0.2) is 0 Å². The number of hydrogen-bond donors (Lipinski definition) is 1. The highest BCUT2D eigenvalue weighted by atomic mass is 32.2. The zero-order chi connectivity index (χ0) is 6.53. The predicted molar refractivity (Wildman–Crippen MR) is 44.0 cm³/mol. The number of rotatable bonds is 2. The fourth-order valence-corrected chi connectivity index (χ4v) is 2.09. The summed E-state index contributed by atoms with van der Waals surface area (Å²) in [6, 6.07) is 0. The smallest absolute Gasteiger partial charge is 0.00410 e. The molecule has 0 spiro atoms. The van der Waals surface area contributed by atoms with Gasteiger partial charge in [0.25, 0.3) is 0 Å². The fraction of sp³-hybridized carbons (Fsp3) is 1.00. The molecule has 2 heteroatoms. The van der Waals surface area contributed by atoms with Crippen molar-refractivity contribution in [3.8, 4) is 0 Å². The summed E-state index contributed by atoms with van der Waals surface area (Å²) >= 11 is 1.98. The molecule has 9 heavy (non-hydrogen) atoms. The van der Waals surface area contributed by atoms with Gasteiger partial charge in [-0.2, -0.15) is 11.8 Å². The first-order chi connectivity index (χ1) is 4.43. The van der Waals surface area contributed by atoms with Crippen molar-refractivity contribution >= 4 is 11.8 Å². The Morgan fingerprint density at radius 1 is 1.44 bits per heavy atom. The summed E-state index contributed by atoms with van der Waals surface area (Å²) in [6.45, 7) is 2.48. The Labute approximate surface area is 61.6 Å². The zero-order valence-corrected chi connectivity index (χ0v) is 6.84. The molecule has 0 atom stereocenters. The van der Waals surface area contributed by atoms with E-state index in [1.54, 1.807) is 0 Å².